The molecule has 1 heterocycles. The van der Waals surface area contributed by atoms with Crippen LogP contribution in [0.1, 0.15) is 29.6 Å². The Kier molecular flexibility index (Phi) is 3.96. The van der Waals surface area contributed by atoms with Crippen LogP contribution in [0.15, 0.2) is 24.5 Å². The number of aromatic nitrogens is 2. The van der Waals surface area contributed by atoms with Gasteiger partial charge >= 0.3 is 5.97 Å². The Labute approximate surface area is 127 Å². The second kappa shape index (κ2) is 5.89. The number of aromatic carboxylic acids is 1. The molecule has 2 atom stereocenters. The molecule has 0 radical (unpaired) electrons. The van der Waals surface area contributed by atoms with Gasteiger partial charge in [0.25, 0.3) is 0 Å². The minimum absolute atomic E-state index is 0.246. The van der Waals surface area contributed by atoms with E-state index in [0.717, 1.165) is 24.0 Å². The van der Waals surface area contributed by atoms with Gasteiger partial charge in [-0.3, -0.25) is 0 Å². The Hall–Kier alpha value is -1.82. The lowest BCUT2D eigenvalue weighted by atomic mass is 10.1. The van der Waals surface area contributed by atoms with Crippen molar-refractivity contribution >= 4 is 34.5 Å². The molecule has 1 aliphatic carbocycles. The highest BCUT2D eigenvalue weighted by Gasteiger charge is 2.24. The number of hydrogen-bond donors (Lipinski definition) is 2. The van der Waals surface area contributed by atoms with Gasteiger partial charge in [-0.2, -0.15) is 11.8 Å². The van der Waals surface area contributed by atoms with Gasteiger partial charge in [-0.1, -0.05) is 0 Å². The molecular weight excluding hydrogens is 286 g/mol. The molecule has 0 aliphatic heterocycles. The lowest BCUT2D eigenvalue weighted by molar-refractivity contribution is 0.0697. The first-order valence-corrected chi connectivity index (χ1v) is 8.23. The standard InChI is InChI=1S/C15H17N3O2S/c1-21-11-4-3-10(7-11)18-14-12-5-2-9(15(19)20)6-13(12)16-8-17-14/h2,5-6,8,10-11H,3-4,7H2,1H3,(H,19,20)(H,16,17,18). The van der Waals surface area contributed by atoms with Crippen LogP contribution in [0, 0.1) is 0 Å². The zero-order valence-electron chi connectivity index (χ0n) is 11.7. The average molecular weight is 303 g/mol. The summed E-state index contributed by atoms with van der Waals surface area (Å²) in [5, 5.41) is 14.1. The van der Waals surface area contributed by atoms with Crippen LogP contribution in [0.4, 0.5) is 5.82 Å². The summed E-state index contributed by atoms with van der Waals surface area (Å²) < 4.78 is 0. The number of carboxylic acids is 1. The highest BCUT2D eigenvalue weighted by molar-refractivity contribution is 7.99. The fourth-order valence-electron chi connectivity index (χ4n) is 2.78. The summed E-state index contributed by atoms with van der Waals surface area (Å²) in [7, 11) is 0. The Balaban J connectivity index is 1.87. The molecule has 0 saturated heterocycles. The van der Waals surface area contributed by atoms with E-state index in [4.69, 9.17) is 5.11 Å². The molecule has 5 nitrogen and oxygen atoms in total. The average Bonchev–Trinajstić information content (AvgIpc) is 2.94. The highest BCUT2D eigenvalue weighted by Crippen LogP contribution is 2.31. The predicted octanol–water partition coefficient (Wildman–Crippen LogP) is 3.02. The SMILES string of the molecule is CSC1CCC(Nc2ncnc3cc(C(=O)O)ccc23)C1. The first kappa shape index (κ1) is 14.1. The number of nitrogens with one attached hydrogen (secondary N) is 1. The van der Waals surface area contributed by atoms with Gasteiger partial charge < -0.3 is 10.4 Å². The molecule has 0 bridgehead atoms. The highest BCUT2D eigenvalue weighted by atomic mass is 32.2. The molecule has 1 aliphatic rings. The summed E-state index contributed by atoms with van der Waals surface area (Å²) >= 11 is 1.92. The number of benzene rings is 1. The van der Waals surface area contributed by atoms with E-state index >= 15 is 0 Å². The van der Waals surface area contributed by atoms with E-state index in [2.05, 4.69) is 21.5 Å². The minimum Gasteiger partial charge on any atom is -0.478 e. The van der Waals surface area contributed by atoms with Gasteiger partial charge in [-0.15, -0.1) is 0 Å². The fourth-order valence-corrected chi connectivity index (χ4v) is 3.58. The normalized spacial score (nSPS) is 21.6. The summed E-state index contributed by atoms with van der Waals surface area (Å²) in [4.78, 5) is 19.5. The number of rotatable bonds is 4. The van der Waals surface area contributed by atoms with E-state index in [0.29, 0.717) is 16.8 Å². The molecular formula is C15H17N3O2S. The van der Waals surface area contributed by atoms with E-state index in [1.807, 2.05) is 11.8 Å². The summed E-state index contributed by atoms with van der Waals surface area (Å²) in [5.41, 5.74) is 0.905. The van der Waals surface area contributed by atoms with Crippen molar-refractivity contribution < 1.29 is 9.90 Å². The molecule has 2 N–H and O–H groups in total. The Morgan fingerprint density at radius 1 is 1.38 bits per heavy atom. The van der Waals surface area contributed by atoms with Gasteiger partial charge in [0.2, 0.25) is 0 Å². The van der Waals surface area contributed by atoms with Crippen molar-refractivity contribution in [3.05, 3.63) is 30.1 Å². The predicted molar refractivity (Wildman–Crippen MR) is 85.1 cm³/mol. The van der Waals surface area contributed by atoms with E-state index in [1.54, 1.807) is 18.2 Å². The Bertz CT molecular complexity index is 677. The lowest BCUT2D eigenvalue weighted by Crippen LogP contribution is -2.17. The van der Waals surface area contributed by atoms with Crippen molar-refractivity contribution in [2.45, 2.75) is 30.6 Å². The molecule has 2 unspecified atom stereocenters. The van der Waals surface area contributed by atoms with Crippen LogP contribution in [-0.2, 0) is 0 Å². The van der Waals surface area contributed by atoms with Crippen LogP contribution in [0.3, 0.4) is 0 Å². The summed E-state index contributed by atoms with van der Waals surface area (Å²) in [6.07, 6.45) is 7.15. The second-order valence-electron chi connectivity index (χ2n) is 5.27. The number of hydrogen-bond acceptors (Lipinski definition) is 5. The first-order valence-electron chi connectivity index (χ1n) is 6.94. The van der Waals surface area contributed by atoms with E-state index in [1.165, 1.54) is 12.7 Å². The van der Waals surface area contributed by atoms with Crippen LogP contribution in [0.5, 0.6) is 0 Å². The van der Waals surface area contributed by atoms with Gasteiger partial charge in [0.15, 0.2) is 0 Å². The number of fused-ring (bicyclic) bond motifs is 1. The Morgan fingerprint density at radius 2 is 2.24 bits per heavy atom. The zero-order chi connectivity index (χ0) is 14.8. The van der Waals surface area contributed by atoms with Crippen molar-refractivity contribution in [3.8, 4) is 0 Å². The molecule has 1 aromatic heterocycles. The summed E-state index contributed by atoms with van der Waals surface area (Å²) in [5.74, 6) is -0.146. The maximum Gasteiger partial charge on any atom is 0.335 e. The number of carboxylic acid groups (broad SMARTS) is 1. The van der Waals surface area contributed by atoms with Crippen molar-refractivity contribution in [2.24, 2.45) is 0 Å². The van der Waals surface area contributed by atoms with E-state index < -0.39 is 5.97 Å². The van der Waals surface area contributed by atoms with Crippen molar-refractivity contribution in [1.82, 2.24) is 9.97 Å². The summed E-state index contributed by atoms with van der Waals surface area (Å²) in [6, 6.07) is 5.39. The monoisotopic (exact) mass is 303 g/mol. The topological polar surface area (TPSA) is 75.1 Å². The molecule has 1 fully saturated rings. The maximum absolute atomic E-state index is 11.0. The minimum atomic E-state index is -0.941. The largest absolute Gasteiger partial charge is 0.478 e. The fraction of sp³-hybridized carbons (Fsp3) is 0.400. The van der Waals surface area contributed by atoms with Gasteiger partial charge in [-0.05, 0) is 43.7 Å². The molecule has 6 heteroatoms. The van der Waals surface area contributed by atoms with Crippen LogP contribution >= 0.6 is 11.8 Å². The molecule has 0 spiro atoms. The molecule has 1 aromatic carbocycles. The third-order valence-corrected chi connectivity index (χ3v) is 5.04. The van der Waals surface area contributed by atoms with Gasteiger partial charge in [-0.25, -0.2) is 14.8 Å². The molecule has 0 amide bonds. The smallest absolute Gasteiger partial charge is 0.335 e. The van der Waals surface area contributed by atoms with Crippen LogP contribution in [-0.4, -0.2) is 38.6 Å². The first-order chi connectivity index (χ1) is 10.2. The number of nitrogens with zero attached hydrogens (tertiary/aromatic N) is 2. The van der Waals surface area contributed by atoms with E-state index in [9.17, 15) is 4.79 Å². The quantitative estimate of drug-likeness (QED) is 0.904. The molecule has 2 aromatic rings. The number of anilines is 1. The number of thioether (sulfide) groups is 1. The summed E-state index contributed by atoms with van der Waals surface area (Å²) in [6.45, 7) is 0. The zero-order valence-corrected chi connectivity index (χ0v) is 12.6. The van der Waals surface area contributed by atoms with Gasteiger partial charge in [0, 0.05) is 16.7 Å². The third-order valence-electron chi connectivity index (χ3n) is 3.94. The van der Waals surface area contributed by atoms with Crippen LogP contribution < -0.4 is 5.32 Å². The van der Waals surface area contributed by atoms with Crippen molar-refractivity contribution in [1.29, 1.82) is 0 Å². The molecule has 110 valence electrons. The van der Waals surface area contributed by atoms with E-state index in [-0.39, 0.29) is 5.56 Å². The second-order valence-corrected chi connectivity index (χ2v) is 6.41. The molecule has 1 saturated carbocycles. The van der Waals surface area contributed by atoms with Crippen molar-refractivity contribution in [3.63, 3.8) is 0 Å². The maximum atomic E-state index is 11.0. The van der Waals surface area contributed by atoms with Crippen molar-refractivity contribution in [2.75, 3.05) is 11.6 Å². The van der Waals surface area contributed by atoms with Gasteiger partial charge in [0.1, 0.15) is 12.1 Å². The van der Waals surface area contributed by atoms with Crippen LogP contribution in [0.25, 0.3) is 10.9 Å². The molecule has 3 rings (SSSR count). The number of carbonyl (C=O) groups is 1. The molecule has 21 heavy (non-hydrogen) atoms. The van der Waals surface area contributed by atoms with Crippen LogP contribution in [0.2, 0.25) is 0 Å². The third kappa shape index (κ3) is 2.95. The van der Waals surface area contributed by atoms with Gasteiger partial charge in [0.05, 0.1) is 11.1 Å². The lowest BCUT2D eigenvalue weighted by Gasteiger charge is -2.15. The Morgan fingerprint density at radius 3 is 2.95 bits per heavy atom.